The van der Waals surface area contributed by atoms with Gasteiger partial charge in [-0.3, -0.25) is 24.4 Å². The SMILES string of the molecule is CN1CCN(c2ccc(N=CC3C(=O)Nc4cc(C(=O)c5cccc(NC(=O)c6cccnc6)c5)ccc43)cc2)CC1. The van der Waals surface area contributed by atoms with Crippen LogP contribution in [0.4, 0.5) is 22.7 Å². The lowest BCUT2D eigenvalue weighted by atomic mass is 9.97. The fourth-order valence-corrected chi connectivity index (χ4v) is 5.16. The lowest BCUT2D eigenvalue weighted by Gasteiger charge is -2.34. The fraction of sp³-hybridized carbons (Fsp3) is 0.182. The summed E-state index contributed by atoms with van der Waals surface area (Å²) in [6.45, 7) is 4.08. The number of likely N-dealkylation sites (N-methyl/N-ethyl adjacent to an activating group) is 1. The van der Waals surface area contributed by atoms with Crippen LogP contribution in [0.2, 0.25) is 0 Å². The Morgan fingerprint density at radius 2 is 1.69 bits per heavy atom. The summed E-state index contributed by atoms with van der Waals surface area (Å²) in [5, 5.41) is 5.69. The maximum Gasteiger partial charge on any atom is 0.257 e. The quantitative estimate of drug-likeness (QED) is 0.250. The normalized spacial score (nSPS) is 16.7. The first-order valence-electron chi connectivity index (χ1n) is 13.8. The second-order valence-corrected chi connectivity index (χ2v) is 10.5. The van der Waals surface area contributed by atoms with Gasteiger partial charge in [0.2, 0.25) is 5.91 Å². The Hall–Kier alpha value is -5.15. The van der Waals surface area contributed by atoms with Crippen LogP contribution >= 0.6 is 0 Å². The second-order valence-electron chi connectivity index (χ2n) is 10.5. The Labute approximate surface area is 243 Å². The van der Waals surface area contributed by atoms with E-state index >= 15 is 0 Å². The van der Waals surface area contributed by atoms with Crippen molar-refractivity contribution in [2.75, 3.05) is 48.8 Å². The summed E-state index contributed by atoms with van der Waals surface area (Å²) in [7, 11) is 2.14. The molecule has 2 aliphatic rings. The summed E-state index contributed by atoms with van der Waals surface area (Å²) in [6.07, 6.45) is 4.73. The highest BCUT2D eigenvalue weighted by molar-refractivity contribution is 6.15. The second kappa shape index (κ2) is 11.8. The Bertz CT molecular complexity index is 1660. The number of benzene rings is 3. The van der Waals surface area contributed by atoms with Gasteiger partial charge in [0.15, 0.2) is 5.78 Å². The van der Waals surface area contributed by atoms with Gasteiger partial charge < -0.3 is 20.4 Å². The maximum atomic E-state index is 13.3. The monoisotopic (exact) mass is 558 g/mol. The third-order valence-electron chi connectivity index (χ3n) is 7.59. The molecule has 2 amide bonds. The number of aromatic nitrogens is 1. The molecule has 3 heterocycles. The van der Waals surface area contributed by atoms with Gasteiger partial charge in [-0.15, -0.1) is 0 Å². The first-order chi connectivity index (χ1) is 20.4. The largest absolute Gasteiger partial charge is 0.369 e. The van der Waals surface area contributed by atoms with E-state index in [1.54, 1.807) is 67.0 Å². The van der Waals surface area contributed by atoms with Gasteiger partial charge >= 0.3 is 0 Å². The van der Waals surface area contributed by atoms with E-state index in [0.29, 0.717) is 28.1 Å². The number of fused-ring (bicyclic) bond motifs is 1. The number of nitrogens with zero attached hydrogens (tertiary/aromatic N) is 4. The van der Waals surface area contributed by atoms with Crippen molar-refractivity contribution >= 4 is 46.6 Å². The van der Waals surface area contributed by atoms with Crippen LogP contribution in [0.25, 0.3) is 0 Å². The van der Waals surface area contributed by atoms with Crippen LogP contribution in [0.3, 0.4) is 0 Å². The molecule has 1 aromatic heterocycles. The molecule has 0 bridgehead atoms. The highest BCUT2D eigenvalue weighted by atomic mass is 16.2. The van der Waals surface area contributed by atoms with Gasteiger partial charge in [-0.2, -0.15) is 0 Å². The topological polar surface area (TPSA) is 107 Å². The number of carbonyl (C=O) groups excluding carboxylic acids is 3. The summed E-state index contributed by atoms with van der Waals surface area (Å²) < 4.78 is 0. The van der Waals surface area contributed by atoms with E-state index < -0.39 is 5.92 Å². The Morgan fingerprint density at radius 3 is 2.45 bits per heavy atom. The van der Waals surface area contributed by atoms with Gasteiger partial charge in [0, 0.05) is 73.0 Å². The van der Waals surface area contributed by atoms with Crippen LogP contribution in [-0.4, -0.2) is 66.9 Å². The van der Waals surface area contributed by atoms with Crippen molar-refractivity contribution in [1.82, 2.24) is 9.88 Å². The lowest BCUT2D eigenvalue weighted by Crippen LogP contribution is -2.44. The van der Waals surface area contributed by atoms with Crippen molar-refractivity contribution in [3.05, 3.63) is 114 Å². The average Bonchev–Trinajstić information content (AvgIpc) is 3.34. The summed E-state index contributed by atoms with van der Waals surface area (Å²) in [4.78, 5) is 51.9. The van der Waals surface area contributed by atoms with Gasteiger partial charge in [-0.1, -0.05) is 24.3 Å². The van der Waals surface area contributed by atoms with Crippen molar-refractivity contribution in [3.63, 3.8) is 0 Å². The minimum atomic E-state index is -0.549. The molecule has 1 unspecified atom stereocenters. The van der Waals surface area contributed by atoms with E-state index in [0.717, 1.165) is 37.4 Å². The minimum absolute atomic E-state index is 0.187. The number of rotatable bonds is 7. The predicted octanol–water partition coefficient (Wildman–Crippen LogP) is 4.75. The number of carbonyl (C=O) groups is 3. The molecule has 2 aliphatic heterocycles. The molecule has 9 heteroatoms. The highest BCUT2D eigenvalue weighted by Crippen LogP contribution is 2.33. The molecule has 1 atom stereocenters. The number of piperazine rings is 1. The van der Waals surface area contributed by atoms with Crippen LogP contribution in [0.1, 0.15) is 37.8 Å². The Morgan fingerprint density at radius 1 is 0.929 bits per heavy atom. The molecule has 9 nitrogen and oxygen atoms in total. The van der Waals surface area contributed by atoms with E-state index in [9.17, 15) is 14.4 Å². The number of pyridine rings is 1. The lowest BCUT2D eigenvalue weighted by molar-refractivity contribution is -0.115. The zero-order valence-electron chi connectivity index (χ0n) is 23.2. The highest BCUT2D eigenvalue weighted by Gasteiger charge is 2.30. The van der Waals surface area contributed by atoms with Crippen molar-refractivity contribution < 1.29 is 14.4 Å². The molecule has 3 aromatic carbocycles. The Kier molecular flexibility index (Phi) is 7.57. The number of anilines is 3. The molecular formula is C33H30N6O3. The minimum Gasteiger partial charge on any atom is -0.369 e. The number of hydrogen-bond acceptors (Lipinski definition) is 7. The number of hydrogen-bond donors (Lipinski definition) is 2. The van der Waals surface area contributed by atoms with E-state index in [1.165, 1.54) is 11.9 Å². The third-order valence-corrected chi connectivity index (χ3v) is 7.59. The van der Waals surface area contributed by atoms with Crippen LogP contribution in [-0.2, 0) is 4.79 Å². The molecular weight excluding hydrogens is 528 g/mol. The van der Waals surface area contributed by atoms with Gasteiger partial charge in [0.25, 0.3) is 5.91 Å². The number of aliphatic imine (C=N–C) groups is 1. The molecule has 1 fully saturated rings. The fourth-order valence-electron chi connectivity index (χ4n) is 5.16. The predicted molar refractivity (Wildman–Crippen MR) is 164 cm³/mol. The van der Waals surface area contributed by atoms with E-state index in [4.69, 9.17) is 0 Å². The van der Waals surface area contributed by atoms with Gasteiger partial charge in [0.1, 0.15) is 5.92 Å². The van der Waals surface area contributed by atoms with Gasteiger partial charge in [-0.05, 0) is 67.2 Å². The van der Waals surface area contributed by atoms with Crippen LogP contribution < -0.4 is 15.5 Å². The molecule has 210 valence electrons. The van der Waals surface area contributed by atoms with Crippen molar-refractivity contribution in [2.24, 2.45) is 4.99 Å². The first kappa shape index (κ1) is 27.0. The Balaban J connectivity index is 1.14. The molecule has 2 N–H and O–H groups in total. The zero-order valence-corrected chi connectivity index (χ0v) is 23.2. The van der Waals surface area contributed by atoms with Crippen LogP contribution in [0.5, 0.6) is 0 Å². The van der Waals surface area contributed by atoms with Gasteiger partial charge in [-0.25, -0.2) is 0 Å². The third kappa shape index (κ3) is 5.82. The molecule has 0 radical (unpaired) electrons. The molecule has 0 saturated carbocycles. The van der Waals surface area contributed by atoms with Crippen molar-refractivity contribution in [3.8, 4) is 0 Å². The van der Waals surface area contributed by atoms with E-state index in [1.807, 2.05) is 12.1 Å². The smallest absolute Gasteiger partial charge is 0.257 e. The van der Waals surface area contributed by atoms with Crippen LogP contribution in [0, 0.1) is 0 Å². The van der Waals surface area contributed by atoms with Crippen molar-refractivity contribution in [1.29, 1.82) is 0 Å². The summed E-state index contributed by atoms with van der Waals surface area (Å²) in [5.41, 5.74) is 5.08. The zero-order chi connectivity index (χ0) is 29.1. The summed E-state index contributed by atoms with van der Waals surface area (Å²) in [5.74, 6) is -1.27. The van der Waals surface area contributed by atoms with Crippen molar-refractivity contribution in [2.45, 2.75) is 5.92 Å². The van der Waals surface area contributed by atoms with E-state index in [2.05, 4.69) is 49.6 Å². The summed E-state index contributed by atoms with van der Waals surface area (Å²) >= 11 is 0. The molecule has 0 aliphatic carbocycles. The summed E-state index contributed by atoms with van der Waals surface area (Å²) in [6, 6.07) is 23.4. The molecule has 6 rings (SSSR count). The number of amides is 2. The standard InChI is InChI=1S/C33H30N6O3/c1-38-14-16-39(17-15-38)27-10-8-25(9-11-27)35-21-29-28-12-7-23(19-30(28)37-33(29)42)31(40)22-4-2-6-26(18-22)36-32(41)24-5-3-13-34-20-24/h2-13,18-21,29H,14-17H2,1H3,(H,36,41)(H,37,42). The maximum absolute atomic E-state index is 13.3. The molecule has 0 spiro atoms. The average molecular weight is 559 g/mol. The number of nitrogens with one attached hydrogen (secondary N) is 2. The van der Waals surface area contributed by atoms with E-state index in [-0.39, 0.29) is 17.6 Å². The first-order valence-corrected chi connectivity index (χ1v) is 13.8. The molecule has 1 saturated heterocycles. The number of ketones is 1. The van der Waals surface area contributed by atoms with Crippen LogP contribution in [0.15, 0.2) is 96.2 Å². The molecule has 4 aromatic rings. The molecule has 42 heavy (non-hydrogen) atoms. The van der Waals surface area contributed by atoms with Gasteiger partial charge in [0.05, 0.1) is 11.3 Å².